The Morgan fingerprint density at radius 1 is 1.07 bits per heavy atom. The van der Waals surface area contributed by atoms with Crippen LogP contribution in [0.5, 0.6) is 0 Å². The van der Waals surface area contributed by atoms with Gasteiger partial charge in [-0.1, -0.05) is 23.7 Å². The first-order chi connectivity index (χ1) is 19.2. The molecule has 2 aromatic heterocycles. The predicted octanol–water partition coefficient (Wildman–Crippen LogP) is 2.68. The van der Waals surface area contributed by atoms with Gasteiger partial charge in [0.1, 0.15) is 20.1 Å². The molecule has 2 aromatic carbocycles. The molecule has 0 atom stereocenters. The molecule has 0 aliphatic rings. The molecule has 0 saturated heterocycles. The van der Waals surface area contributed by atoms with Crippen LogP contribution in [0, 0.1) is 18.3 Å². The number of carbonyl (C=O) groups excluding carboxylic acids is 2. The van der Waals surface area contributed by atoms with Crippen molar-refractivity contribution in [2.75, 3.05) is 5.32 Å². The van der Waals surface area contributed by atoms with Gasteiger partial charge in [-0.2, -0.15) is 28.3 Å². The van der Waals surface area contributed by atoms with E-state index in [4.69, 9.17) is 7.85 Å². The maximum Gasteiger partial charge on any atom is 0.455 e. The molecule has 0 saturated carbocycles. The fraction of sp³-hybridized carbons (Fsp3) is 0.269. The van der Waals surface area contributed by atoms with Crippen molar-refractivity contribution >= 4 is 30.8 Å². The molecule has 0 bridgehead atoms. The molecular formula is C26H23BF3N9O2. The van der Waals surface area contributed by atoms with Gasteiger partial charge < -0.3 is 10.6 Å². The van der Waals surface area contributed by atoms with E-state index in [1.807, 2.05) is 6.07 Å². The summed E-state index contributed by atoms with van der Waals surface area (Å²) in [5.41, 5.74) is 1.00. The molecule has 0 spiro atoms. The van der Waals surface area contributed by atoms with Gasteiger partial charge >= 0.3 is 6.18 Å². The van der Waals surface area contributed by atoms with Crippen LogP contribution in [0.4, 0.5) is 18.9 Å². The first kappa shape index (κ1) is 29.0. The zero-order valence-corrected chi connectivity index (χ0v) is 22.4. The van der Waals surface area contributed by atoms with Crippen LogP contribution >= 0.6 is 0 Å². The molecule has 2 radical (unpaired) electrons. The average molecular weight is 561 g/mol. The van der Waals surface area contributed by atoms with Crippen molar-refractivity contribution in [2.24, 2.45) is 0 Å². The molecule has 11 nitrogen and oxygen atoms in total. The fourth-order valence-corrected chi connectivity index (χ4v) is 3.88. The summed E-state index contributed by atoms with van der Waals surface area (Å²) in [4.78, 5) is 27.5. The number of aryl methyl sites for hydroxylation is 1. The van der Waals surface area contributed by atoms with Gasteiger partial charge in [0.2, 0.25) is 0 Å². The molecular weight excluding hydrogens is 538 g/mol. The van der Waals surface area contributed by atoms with E-state index in [0.717, 1.165) is 0 Å². The number of carbonyl (C=O) groups is 2. The second-order valence-electron chi connectivity index (χ2n) is 10.1. The largest absolute Gasteiger partial charge is 0.455 e. The smallest absolute Gasteiger partial charge is 0.347 e. The van der Waals surface area contributed by atoms with Gasteiger partial charge in [-0.15, -0.1) is 10.2 Å². The first-order valence-electron chi connectivity index (χ1n) is 12.1. The maximum atomic E-state index is 13.7. The molecule has 4 rings (SSSR count). The zero-order valence-electron chi connectivity index (χ0n) is 22.4. The number of nitrogens with one attached hydrogen (secondary N) is 2. The standard InChI is InChI=1S/C26H23BF3N9O2/c1-14-9-15(12-31)10-17(22(40)33-25(2,3)4)21(14)32-23(41)20-11-16(13-38-36-24(34-37-38)26(28,29)30)35-39(20)19-8-6-5-7-18(19)27/h5-11H,13H2,1-4H3,(H,32,41)(H,33,40). The topological polar surface area (TPSA) is 143 Å². The number of para-hydroxylation sites is 1. The van der Waals surface area contributed by atoms with Crippen molar-refractivity contribution in [1.29, 1.82) is 5.26 Å². The minimum atomic E-state index is -4.78. The van der Waals surface area contributed by atoms with Crippen LogP contribution in [0.1, 0.15) is 64.3 Å². The van der Waals surface area contributed by atoms with Crippen molar-refractivity contribution in [3.63, 3.8) is 0 Å². The lowest BCUT2D eigenvalue weighted by Gasteiger charge is -2.22. The van der Waals surface area contributed by atoms with E-state index < -0.39 is 29.4 Å². The number of aromatic nitrogens is 6. The number of halogens is 3. The molecule has 208 valence electrons. The number of rotatable bonds is 6. The van der Waals surface area contributed by atoms with Gasteiger partial charge in [-0.25, -0.2) is 4.68 Å². The van der Waals surface area contributed by atoms with Crippen LogP contribution < -0.4 is 16.1 Å². The number of amides is 2. The molecule has 2 N–H and O–H groups in total. The second-order valence-corrected chi connectivity index (χ2v) is 10.1. The van der Waals surface area contributed by atoms with E-state index >= 15 is 0 Å². The van der Waals surface area contributed by atoms with Gasteiger partial charge in [0.25, 0.3) is 17.6 Å². The molecule has 15 heteroatoms. The summed E-state index contributed by atoms with van der Waals surface area (Å²) in [7, 11) is 6.12. The SMILES string of the molecule is [B]c1ccccc1-n1nc(Cn2nnc(C(F)(F)F)n2)cc1C(=O)Nc1c(C)cc(C#N)cc1C(=O)NC(C)(C)C. The molecule has 2 heterocycles. The van der Waals surface area contributed by atoms with Crippen LogP contribution in [0.3, 0.4) is 0 Å². The van der Waals surface area contributed by atoms with Crippen molar-refractivity contribution < 1.29 is 22.8 Å². The third-order valence-electron chi connectivity index (χ3n) is 5.60. The van der Waals surface area contributed by atoms with Gasteiger partial charge in [-0.3, -0.25) is 9.59 Å². The van der Waals surface area contributed by atoms with Crippen LogP contribution in [0.15, 0.2) is 42.5 Å². The van der Waals surface area contributed by atoms with Crippen molar-refractivity contribution in [3.8, 4) is 11.8 Å². The number of hydrogen-bond acceptors (Lipinski definition) is 7. The molecule has 41 heavy (non-hydrogen) atoms. The predicted molar refractivity (Wildman–Crippen MR) is 142 cm³/mol. The summed E-state index contributed by atoms with van der Waals surface area (Å²) < 4.78 is 40.0. The molecule has 0 fully saturated rings. The van der Waals surface area contributed by atoms with E-state index in [2.05, 4.69) is 31.1 Å². The Balaban J connectivity index is 1.76. The van der Waals surface area contributed by atoms with E-state index in [-0.39, 0.29) is 40.2 Å². The average Bonchev–Trinajstić information content (AvgIpc) is 3.52. The number of nitrogens with zero attached hydrogens (tertiary/aromatic N) is 7. The van der Waals surface area contributed by atoms with Crippen molar-refractivity contribution in [3.05, 3.63) is 76.4 Å². The Kier molecular flexibility index (Phi) is 7.69. The summed E-state index contributed by atoms with van der Waals surface area (Å²) in [6.07, 6.45) is -4.78. The lowest BCUT2D eigenvalue weighted by Crippen LogP contribution is -2.41. The summed E-state index contributed by atoms with van der Waals surface area (Å²) in [5, 5.41) is 29.1. The van der Waals surface area contributed by atoms with Crippen molar-refractivity contribution in [1.82, 2.24) is 35.3 Å². The van der Waals surface area contributed by atoms with E-state index in [1.165, 1.54) is 22.9 Å². The third-order valence-corrected chi connectivity index (χ3v) is 5.60. The van der Waals surface area contributed by atoms with Crippen molar-refractivity contribution in [2.45, 2.75) is 46.0 Å². The van der Waals surface area contributed by atoms with Gasteiger partial charge in [0.15, 0.2) is 0 Å². The highest BCUT2D eigenvalue weighted by atomic mass is 19.4. The molecule has 2 amide bonds. The highest BCUT2D eigenvalue weighted by Gasteiger charge is 2.37. The van der Waals surface area contributed by atoms with Gasteiger partial charge in [-0.05, 0) is 62.7 Å². The number of tetrazole rings is 1. The highest BCUT2D eigenvalue weighted by Crippen LogP contribution is 2.26. The first-order valence-corrected chi connectivity index (χ1v) is 12.1. The lowest BCUT2D eigenvalue weighted by atomic mass is 9.94. The van der Waals surface area contributed by atoms with Gasteiger partial charge in [0, 0.05) is 5.54 Å². The van der Waals surface area contributed by atoms with Crippen LogP contribution in [-0.2, 0) is 12.7 Å². The molecule has 0 unspecified atom stereocenters. The van der Waals surface area contributed by atoms with E-state index in [1.54, 1.807) is 52.0 Å². The Morgan fingerprint density at radius 3 is 2.39 bits per heavy atom. The summed E-state index contributed by atoms with van der Waals surface area (Å²) >= 11 is 0. The number of anilines is 1. The quantitative estimate of drug-likeness (QED) is 0.345. The Morgan fingerprint density at radius 2 is 1.78 bits per heavy atom. The van der Waals surface area contributed by atoms with Gasteiger partial charge in [0.05, 0.1) is 34.3 Å². The minimum absolute atomic E-state index is 0.0417. The van der Waals surface area contributed by atoms with Crippen LogP contribution in [-0.4, -0.2) is 55.2 Å². The Hall–Kier alpha value is -5.00. The highest BCUT2D eigenvalue weighted by molar-refractivity contribution is 6.34. The molecule has 0 aliphatic carbocycles. The molecule has 0 aliphatic heterocycles. The summed E-state index contributed by atoms with van der Waals surface area (Å²) in [6.45, 7) is 6.66. The summed E-state index contributed by atoms with van der Waals surface area (Å²) in [5.74, 6) is -2.63. The van der Waals surface area contributed by atoms with Crippen LogP contribution in [0.25, 0.3) is 5.69 Å². The number of alkyl halides is 3. The van der Waals surface area contributed by atoms with E-state index in [0.29, 0.717) is 16.0 Å². The number of nitriles is 1. The zero-order chi connectivity index (χ0) is 30.1. The normalized spacial score (nSPS) is 11.7. The monoisotopic (exact) mass is 561 g/mol. The lowest BCUT2D eigenvalue weighted by molar-refractivity contribution is -0.145. The second kappa shape index (κ2) is 10.9. The third kappa shape index (κ3) is 6.60. The maximum absolute atomic E-state index is 13.7. The number of hydrogen-bond donors (Lipinski definition) is 2. The Bertz CT molecular complexity index is 1680. The minimum Gasteiger partial charge on any atom is -0.347 e. The summed E-state index contributed by atoms with van der Waals surface area (Å²) in [6, 6.07) is 12.8. The number of benzene rings is 2. The molecule has 4 aromatic rings. The Labute approximate surface area is 233 Å². The van der Waals surface area contributed by atoms with E-state index in [9.17, 15) is 28.0 Å². The fourth-order valence-electron chi connectivity index (χ4n) is 3.88. The van der Waals surface area contributed by atoms with Crippen LogP contribution in [0.2, 0.25) is 0 Å².